The summed E-state index contributed by atoms with van der Waals surface area (Å²) in [6.45, 7) is 5.11. The van der Waals surface area contributed by atoms with Crippen molar-refractivity contribution in [2.45, 2.75) is 39.3 Å². The minimum absolute atomic E-state index is 0.0614. The second-order valence-corrected chi connectivity index (χ2v) is 4.63. The molecule has 1 atom stereocenters. The zero-order valence-electron chi connectivity index (χ0n) is 11.5. The fourth-order valence-corrected chi connectivity index (χ4v) is 1.93. The first-order valence-corrected chi connectivity index (χ1v) is 6.78. The van der Waals surface area contributed by atoms with Crippen LogP contribution in [0.25, 0.3) is 0 Å². The summed E-state index contributed by atoms with van der Waals surface area (Å²) < 4.78 is 7.69. The Morgan fingerprint density at radius 2 is 2.16 bits per heavy atom. The molecule has 0 saturated carbocycles. The molecule has 0 amide bonds. The minimum Gasteiger partial charge on any atom is -0.454 e. The maximum atomic E-state index is 6.03. The summed E-state index contributed by atoms with van der Waals surface area (Å²) in [5, 5.41) is 4.24. The van der Waals surface area contributed by atoms with Gasteiger partial charge >= 0.3 is 0 Å². The summed E-state index contributed by atoms with van der Waals surface area (Å²) >= 11 is 0. The molecule has 2 rings (SSSR count). The zero-order chi connectivity index (χ0) is 13.7. The number of benzene rings is 1. The van der Waals surface area contributed by atoms with Gasteiger partial charge in [0, 0.05) is 12.6 Å². The van der Waals surface area contributed by atoms with Gasteiger partial charge in [-0.3, -0.25) is 4.68 Å². The van der Waals surface area contributed by atoms with Gasteiger partial charge in [-0.25, -0.2) is 0 Å². The van der Waals surface area contributed by atoms with E-state index < -0.39 is 0 Å². The largest absolute Gasteiger partial charge is 0.454 e. The molecule has 0 radical (unpaired) electrons. The first-order valence-electron chi connectivity index (χ1n) is 6.78. The molecule has 0 aliphatic rings. The van der Waals surface area contributed by atoms with Crippen molar-refractivity contribution in [1.82, 2.24) is 9.78 Å². The number of hydrogen-bond acceptors (Lipinski definition) is 3. The number of nitrogens with zero attached hydrogens (tertiary/aromatic N) is 2. The van der Waals surface area contributed by atoms with Crippen LogP contribution in [-0.4, -0.2) is 9.78 Å². The van der Waals surface area contributed by atoms with Gasteiger partial charge in [-0.15, -0.1) is 0 Å². The lowest BCUT2D eigenvalue weighted by molar-refractivity contribution is 0.479. The lowest BCUT2D eigenvalue weighted by atomic mass is 10.1. The fourth-order valence-electron chi connectivity index (χ4n) is 1.93. The number of hydrogen-bond donors (Lipinski definition) is 1. The third kappa shape index (κ3) is 3.58. The Morgan fingerprint density at radius 1 is 1.32 bits per heavy atom. The molecule has 4 nitrogen and oxygen atoms in total. The first kappa shape index (κ1) is 13.6. The molecule has 4 heteroatoms. The lowest BCUT2D eigenvalue weighted by Crippen LogP contribution is -2.08. The molecule has 0 aliphatic carbocycles. The van der Waals surface area contributed by atoms with E-state index in [0.717, 1.165) is 36.4 Å². The molecule has 1 aromatic heterocycles. The number of nitrogens with two attached hydrogens (primary N) is 1. The summed E-state index contributed by atoms with van der Waals surface area (Å²) in [5.74, 6) is 1.56. The van der Waals surface area contributed by atoms with Crippen LogP contribution < -0.4 is 10.5 Å². The molecule has 2 N–H and O–H groups in total. The predicted molar refractivity (Wildman–Crippen MR) is 76.3 cm³/mol. The van der Waals surface area contributed by atoms with Crippen LogP contribution in [0, 0.1) is 0 Å². The van der Waals surface area contributed by atoms with Crippen molar-refractivity contribution in [1.29, 1.82) is 0 Å². The van der Waals surface area contributed by atoms with E-state index in [1.807, 2.05) is 35.1 Å². The van der Waals surface area contributed by atoms with Gasteiger partial charge in [0.05, 0.1) is 12.4 Å². The third-order valence-corrected chi connectivity index (χ3v) is 3.02. The Balaban J connectivity index is 2.09. The van der Waals surface area contributed by atoms with Gasteiger partial charge in [0.25, 0.3) is 0 Å². The molecule has 0 bridgehead atoms. The van der Waals surface area contributed by atoms with Crippen LogP contribution in [0.5, 0.6) is 11.5 Å². The van der Waals surface area contributed by atoms with Crippen molar-refractivity contribution in [2.24, 2.45) is 5.73 Å². The normalized spacial score (nSPS) is 12.4. The summed E-state index contributed by atoms with van der Waals surface area (Å²) in [4.78, 5) is 0. The highest BCUT2D eigenvalue weighted by atomic mass is 16.5. The van der Waals surface area contributed by atoms with E-state index in [9.17, 15) is 0 Å². The average molecular weight is 259 g/mol. The molecule has 1 aromatic carbocycles. The van der Waals surface area contributed by atoms with Crippen molar-refractivity contribution in [3.05, 3.63) is 42.2 Å². The van der Waals surface area contributed by atoms with Crippen molar-refractivity contribution in [3.63, 3.8) is 0 Å². The molecule has 0 aliphatic heterocycles. The molecule has 1 unspecified atom stereocenters. The molecule has 2 aromatic rings. The SMILES string of the molecule is CCCn1cc(Oc2cccc(C(N)CC)c2)cn1. The van der Waals surface area contributed by atoms with Crippen LogP contribution in [0.2, 0.25) is 0 Å². The van der Waals surface area contributed by atoms with Crippen molar-refractivity contribution < 1.29 is 4.74 Å². The van der Waals surface area contributed by atoms with E-state index in [1.54, 1.807) is 6.20 Å². The number of aromatic nitrogens is 2. The van der Waals surface area contributed by atoms with Gasteiger partial charge in [0.15, 0.2) is 5.75 Å². The van der Waals surface area contributed by atoms with Crippen LogP contribution in [0.4, 0.5) is 0 Å². The summed E-state index contributed by atoms with van der Waals surface area (Å²) in [7, 11) is 0. The van der Waals surface area contributed by atoms with Crippen molar-refractivity contribution >= 4 is 0 Å². The Labute approximate surface area is 114 Å². The standard InChI is InChI=1S/C15H21N3O/c1-3-8-18-11-14(10-17-18)19-13-7-5-6-12(9-13)15(16)4-2/h5-7,9-11,15H,3-4,8,16H2,1-2H3. The van der Waals surface area contributed by atoms with E-state index >= 15 is 0 Å². The molecule has 19 heavy (non-hydrogen) atoms. The van der Waals surface area contributed by atoms with Gasteiger partial charge in [-0.2, -0.15) is 5.10 Å². The monoisotopic (exact) mass is 259 g/mol. The molecule has 102 valence electrons. The number of rotatable bonds is 6. The van der Waals surface area contributed by atoms with E-state index in [4.69, 9.17) is 10.5 Å². The van der Waals surface area contributed by atoms with Gasteiger partial charge in [0.2, 0.25) is 0 Å². The number of aryl methyl sites for hydroxylation is 1. The van der Waals surface area contributed by atoms with E-state index in [0.29, 0.717) is 0 Å². The van der Waals surface area contributed by atoms with E-state index in [1.165, 1.54) is 0 Å². The summed E-state index contributed by atoms with van der Waals surface area (Å²) in [6, 6.07) is 7.98. The quantitative estimate of drug-likeness (QED) is 0.863. The smallest absolute Gasteiger partial charge is 0.165 e. The Morgan fingerprint density at radius 3 is 2.89 bits per heavy atom. The molecular formula is C15H21N3O. The Bertz CT molecular complexity index is 522. The summed E-state index contributed by atoms with van der Waals surface area (Å²) in [6.07, 6.45) is 5.62. The Hall–Kier alpha value is -1.81. The molecule has 1 heterocycles. The van der Waals surface area contributed by atoms with Crippen LogP contribution in [0.3, 0.4) is 0 Å². The first-order chi connectivity index (χ1) is 9.22. The molecule has 0 saturated heterocycles. The second-order valence-electron chi connectivity index (χ2n) is 4.63. The Kier molecular flexibility index (Phi) is 4.58. The topological polar surface area (TPSA) is 53.1 Å². The minimum atomic E-state index is 0.0614. The maximum absolute atomic E-state index is 6.03. The lowest BCUT2D eigenvalue weighted by Gasteiger charge is -2.10. The third-order valence-electron chi connectivity index (χ3n) is 3.02. The van der Waals surface area contributed by atoms with Gasteiger partial charge in [-0.1, -0.05) is 26.0 Å². The van der Waals surface area contributed by atoms with Crippen LogP contribution >= 0.6 is 0 Å². The van der Waals surface area contributed by atoms with Crippen LogP contribution in [-0.2, 0) is 6.54 Å². The van der Waals surface area contributed by atoms with Crippen LogP contribution in [0.15, 0.2) is 36.7 Å². The van der Waals surface area contributed by atoms with Gasteiger partial charge in [0.1, 0.15) is 5.75 Å². The van der Waals surface area contributed by atoms with Crippen LogP contribution in [0.1, 0.15) is 38.3 Å². The molecular weight excluding hydrogens is 238 g/mol. The van der Waals surface area contributed by atoms with E-state index in [2.05, 4.69) is 18.9 Å². The van der Waals surface area contributed by atoms with Crippen molar-refractivity contribution in [2.75, 3.05) is 0 Å². The summed E-state index contributed by atoms with van der Waals surface area (Å²) in [5.41, 5.74) is 7.13. The second kappa shape index (κ2) is 6.38. The highest BCUT2D eigenvalue weighted by Gasteiger charge is 2.06. The highest BCUT2D eigenvalue weighted by Crippen LogP contribution is 2.24. The number of ether oxygens (including phenoxy) is 1. The predicted octanol–water partition coefficient (Wildman–Crippen LogP) is 3.50. The zero-order valence-corrected chi connectivity index (χ0v) is 11.5. The van der Waals surface area contributed by atoms with Gasteiger partial charge in [-0.05, 0) is 30.5 Å². The molecule has 0 fully saturated rings. The molecule has 0 spiro atoms. The average Bonchev–Trinajstić information content (AvgIpc) is 2.86. The maximum Gasteiger partial charge on any atom is 0.165 e. The van der Waals surface area contributed by atoms with Crippen molar-refractivity contribution in [3.8, 4) is 11.5 Å². The highest BCUT2D eigenvalue weighted by molar-refractivity contribution is 5.33. The fraction of sp³-hybridized carbons (Fsp3) is 0.400. The van der Waals surface area contributed by atoms with Gasteiger partial charge < -0.3 is 10.5 Å². The van der Waals surface area contributed by atoms with E-state index in [-0.39, 0.29) is 6.04 Å².